The van der Waals surface area contributed by atoms with Crippen molar-refractivity contribution in [2.24, 2.45) is 5.18 Å². The molecule has 0 aliphatic rings. The summed E-state index contributed by atoms with van der Waals surface area (Å²) >= 11 is 0. The standard InChI is InChI=1S/C9H9NO2/c1-3-7-4-5-9(12-2)8(6-7)10-11/h3-6H,1H2,2H3. The Labute approximate surface area is 70.6 Å². The number of methoxy groups -OCH3 is 1. The third kappa shape index (κ3) is 1.50. The minimum absolute atomic E-state index is 0.301. The summed E-state index contributed by atoms with van der Waals surface area (Å²) in [6.07, 6.45) is 1.65. The van der Waals surface area contributed by atoms with Crippen LogP contribution in [0.2, 0.25) is 0 Å². The third-order valence-electron chi connectivity index (χ3n) is 1.54. The van der Waals surface area contributed by atoms with Crippen molar-refractivity contribution in [2.75, 3.05) is 7.11 Å². The molecule has 12 heavy (non-hydrogen) atoms. The molecule has 0 aliphatic heterocycles. The maximum absolute atomic E-state index is 10.3. The lowest BCUT2D eigenvalue weighted by molar-refractivity contribution is 0.416. The Bertz CT molecular complexity index is 307. The van der Waals surface area contributed by atoms with Gasteiger partial charge in [-0.15, -0.1) is 4.91 Å². The molecule has 0 heterocycles. The number of ether oxygens (including phenoxy) is 1. The summed E-state index contributed by atoms with van der Waals surface area (Å²) < 4.78 is 4.91. The van der Waals surface area contributed by atoms with Gasteiger partial charge >= 0.3 is 0 Å². The summed E-state index contributed by atoms with van der Waals surface area (Å²) in [5.74, 6) is 0.482. The fourth-order valence-electron chi connectivity index (χ4n) is 0.905. The second-order valence-electron chi connectivity index (χ2n) is 2.23. The number of hydrogen-bond donors (Lipinski definition) is 0. The van der Waals surface area contributed by atoms with Crippen molar-refractivity contribution in [3.63, 3.8) is 0 Å². The molecule has 62 valence electrons. The highest BCUT2D eigenvalue weighted by Gasteiger charge is 2.01. The van der Waals surface area contributed by atoms with Crippen LogP contribution in [0, 0.1) is 4.91 Å². The minimum Gasteiger partial charge on any atom is -0.494 e. The molecule has 0 bridgehead atoms. The lowest BCUT2D eigenvalue weighted by atomic mass is 10.2. The Morgan fingerprint density at radius 3 is 2.83 bits per heavy atom. The van der Waals surface area contributed by atoms with Crippen LogP contribution in [0.3, 0.4) is 0 Å². The highest BCUT2D eigenvalue weighted by molar-refractivity contribution is 5.60. The van der Waals surface area contributed by atoms with Gasteiger partial charge < -0.3 is 4.74 Å². The average molecular weight is 163 g/mol. The topological polar surface area (TPSA) is 38.7 Å². The van der Waals surface area contributed by atoms with Gasteiger partial charge in [0.2, 0.25) is 0 Å². The molecule has 0 fully saturated rings. The van der Waals surface area contributed by atoms with Gasteiger partial charge in [-0.2, -0.15) is 0 Å². The number of nitroso groups, excluding NO2 is 1. The number of nitrogens with zero attached hydrogens (tertiary/aromatic N) is 1. The van der Waals surface area contributed by atoms with Gasteiger partial charge in [-0.3, -0.25) is 0 Å². The van der Waals surface area contributed by atoms with Crippen molar-refractivity contribution in [2.45, 2.75) is 0 Å². The van der Waals surface area contributed by atoms with Gasteiger partial charge in [0, 0.05) is 0 Å². The molecule has 0 aliphatic carbocycles. The molecule has 0 N–H and O–H groups in total. The smallest absolute Gasteiger partial charge is 0.150 e. The number of benzene rings is 1. The maximum Gasteiger partial charge on any atom is 0.150 e. The quantitative estimate of drug-likeness (QED) is 0.642. The van der Waals surface area contributed by atoms with E-state index in [1.54, 1.807) is 24.3 Å². The second kappa shape index (κ2) is 3.67. The van der Waals surface area contributed by atoms with E-state index in [2.05, 4.69) is 11.8 Å². The van der Waals surface area contributed by atoms with E-state index in [4.69, 9.17) is 4.74 Å². The molecule has 0 amide bonds. The molecular weight excluding hydrogens is 154 g/mol. The Kier molecular flexibility index (Phi) is 2.58. The summed E-state index contributed by atoms with van der Waals surface area (Å²) in [4.78, 5) is 10.3. The summed E-state index contributed by atoms with van der Waals surface area (Å²) in [5, 5.41) is 2.83. The van der Waals surface area contributed by atoms with E-state index in [0.717, 1.165) is 5.56 Å². The zero-order valence-corrected chi connectivity index (χ0v) is 6.78. The highest BCUT2D eigenvalue weighted by Crippen LogP contribution is 2.28. The molecule has 0 spiro atoms. The van der Waals surface area contributed by atoms with Crippen molar-refractivity contribution in [3.05, 3.63) is 35.2 Å². The molecule has 0 aromatic heterocycles. The van der Waals surface area contributed by atoms with Crippen molar-refractivity contribution in [3.8, 4) is 5.75 Å². The van der Waals surface area contributed by atoms with Crippen LogP contribution in [-0.2, 0) is 0 Å². The Morgan fingerprint density at radius 2 is 2.33 bits per heavy atom. The molecule has 3 nitrogen and oxygen atoms in total. The first-order valence-electron chi connectivity index (χ1n) is 3.45. The zero-order chi connectivity index (χ0) is 8.97. The minimum atomic E-state index is 0.301. The van der Waals surface area contributed by atoms with Crippen LogP contribution in [-0.4, -0.2) is 7.11 Å². The predicted molar refractivity (Wildman–Crippen MR) is 48.5 cm³/mol. The molecular formula is C9H9NO2. The first kappa shape index (κ1) is 8.46. The maximum atomic E-state index is 10.3. The van der Waals surface area contributed by atoms with Gasteiger partial charge in [-0.05, 0) is 22.9 Å². The summed E-state index contributed by atoms with van der Waals surface area (Å²) in [6.45, 7) is 3.58. The lowest BCUT2D eigenvalue weighted by Crippen LogP contribution is -1.83. The molecule has 1 rings (SSSR count). The van der Waals surface area contributed by atoms with Crippen molar-refractivity contribution in [1.82, 2.24) is 0 Å². The van der Waals surface area contributed by atoms with Crippen LogP contribution >= 0.6 is 0 Å². The highest BCUT2D eigenvalue weighted by atomic mass is 16.5. The fraction of sp³-hybridized carbons (Fsp3) is 0.111. The van der Waals surface area contributed by atoms with E-state index in [0.29, 0.717) is 11.4 Å². The van der Waals surface area contributed by atoms with E-state index >= 15 is 0 Å². The number of rotatable bonds is 3. The monoisotopic (exact) mass is 163 g/mol. The van der Waals surface area contributed by atoms with E-state index in [1.165, 1.54) is 7.11 Å². The SMILES string of the molecule is C=Cc1ccc(OC)c(N=O)c1. The summed E-state index contributed by atoms with van der Waals surface area (Å²) in [7, 11) is 1.50. The normalized spacial score (nSPS) is 9.08. The molecule has 0 saturated heterocycles. The van der Waals surface area contributed by atoms with E-state index in [1.807, 2.05) is 0 Å². The summed E-state index contributed by atoms with van der Waals surface area (Å²) in [5.41, 5.74) is 1.15. The summed E-state index contributed by atoms with van der Waals surface area (Å²) in [6, 6.07) is 5.12. The Balaban J connectivity index is 3.18. The van der Waals surface area contributed by atoms with Crippen LogP contribution in [0.1, 0.15) is 5.56 Å². The average Bonchev–Trinajstić information content (AvgIpc) is 2.16. The van der Waals surface area contributed by atoms with Gasteiger partial charge in [0.25, 0.3) is 0 Å². The first-order valence-corrected chi connectivity index (χ1v) is 3.45. The van der Waals surface area contributed by atoms with Gasteiger partial charge in [-0.25, -0.2) is 0 Å². The molecule has 0 unspecified atom stereocenters. The second-order valence-corrected chi connectivity index (χ2v) is 2.23. The van der Waals surface area contributed by atoms with E-state index in [9.17, 15) is 4.91 Å². The molecule has 1 aromatic carbocycles. The van der Waals surface area contributed by atoms with Crippen LogP contribution in [0.4, 0.5) is 5.69 Å². The fourth-order valence-corrected chi connectivity index (χ4v) is 0.905. The van der Waals surface area contributed by atoms with E-state index in [-0.39, 0.29) is 0 Å². The van der Waals surface area contributed by atoms with Gasteiger partial charge in [0.05, 0.1) is 7.11 Å². The number of hydrogen-bond acceptors (Lipinski definition) is 3. The van der Waals surface area contributed by atoms with Crippen LogP contribution in [0.25, 0.3) is 6.08 Å². The van der Waals surface area contributed by atoms with Crippen molar-refractivity contribution < 1.29 is 4.74 Å². The molecule has 0 saturated carbocycles. The molecule has 0 atom stereocenters. The lowest BCUT2D eigenvalue weighted by Gasteiger charge is -2.01. The predicted octanol–water partition coefficient (Wildman–Crippen LogP) is 2.74. The largest absolute Gasteiger partial charge is 0.494 e. The van der Waals surface area contributed by atoms with Gasteiger partial charge in [-0.1, -0.05) is 18.7 Å². The Morgan fingerprint density at radius 1 is 1.58 bits per heavy atom. The van der Waals surface area contributed by atoms with Gasteiger partial charge in [0.15, 0.2) is 0 Å². The van der Waals surface area contributed by atoms with Gasteiger partial charge in [0.1, 0.15) is 11.4 Å². The molecule has 0 radical (unpaired) electrons. The first-order chi connectivity index (χ1) is 5.81. The molecule has 1 aromatic rings. The van der Waals surface area contributed by atoms with Crippen molar-refractivity contribution in [1.29, 1.82) is 0 Å². The molecule has 3 heteroatoms. The van der Waals surface area contributed by atoms with E-state index < -0.39 is 0 Å². The van der Waals surface area contributed by atoms with Crippen LogP contribution in [0.15, 0.2) is 30.0 Å². The van der Waals surface area contributed by atoms with Crippen LogP contribution in [0.5, 0.6) is 5.75 Å². The third-order valence-corrected chi connectivity index (χ3v) is 1.54. The van der Waals surface area contributed by atoms with Crippen molar-refractivity contribution >= 4 is 11.8 Å². The van der Waals surface area contributed by atoms with Crippen LogP contribution < -0.4 is 4.74 Å². The Hall–Kier alpha value is -1.64. The zero-order valence-electron chi connectivity index (χ0n) is 6.78.